The highest BCUT2D eigenvalue weighted by Gasteiger charge is 2.33. The van der Waals surface area contributed by atoms with Gasteiger partial charge in [0.05, 0.1) is 19.9 Å². The van der Waals surface area contributed by atoms with Crippen LogP contribution in [0.5, 0.6) is 17.2 Å². The molecule has 2 aliphatic heterocycles. The maximum absolute atomic E-state index is 12.5. The lowest BCUT2D eigenvalue weighted by atomic mass is 9.86. The fourth-order valence-electron chi connectivity index (χ4n) is 3.81. The number of ether oxygens (including phenoxy) is 3. The van der Waals surface area contributed by atoms with Gasteiger partial charge in [-0.1, -0.05) is 30.3 Å². The number of amides is 1. The molecule has 2 aliphatic rings. The molecular weight excluding hydrogens is 358 g/mol. The van der Waals surface area contributed by atoms with Gasteiger partial charge in [0.15, 0.2) is 11.5 Å². The molecule has 3 heterocycles. The van der Waals surface area contributed by atoms with Gasteiger partial charge in [0.25, 0.3) is 0 Å². The number of nitrogens with one attached hydrogen (secondary N) is 1. The van der Waals surface area contributed by atoms with Crippen molar-refractivity contribution in [3.8, 4) is 17.2 Å². The summed E-state index contributed by atoms with van der Waals surface area (Å²) in [5, 5.41) is 7.52. The Hall–Kier alpha value is -3.48. The third kappa shape index (κ3) is 2.76. The number of carbonyl (C=O) groups excluding carboxylic acids is 1. The quantitative estimate of drug-likeness (QED) is 0.756. The van der Waals surface area contributed by atoms with Gasteiger partial charge in [0.2, 0.25) is 12.7 Å². The van der Waals surface area contributed by atoms with Crippen molar-refractivity contribution in [1.82, 2.24) is 9.78 Å². The third-order valence-electron chi connectivity index (χ3n) is 5.17. The average molecular weight is 377 g/mol. The topological polar surface area (TPSA) is 74.6 Å². The first-order valence-corrected chi connectivity index (χ1v) is 9.10. The fourth-order valence-corrected chi connectivity index (χ4v) is 3.81. The van der Waals surface area contributed by atoms with Crippen molar-refractivity contribution in [3.63, 3.8) is 0 Å². The van der Waals surface area contributed by atoms with E-state index in [0.717, 1.165) is 22.5 Å². The summed E-state index contributed by atoms with van der Waals surface area (Å²) in [5.41, 5.74) is 2.97. The molecule has 1 N–H and O–H groups in total. The van der Waals surface area contributed by atoms with E-state index in [1.807, 2.05) is 53.3 Å². The van der Waals surface area contributed by atoms with Gasteiger partial charge < -0.3 is 19.5 Å². The molecule has 1 amide bonds. The standard InChI is InChI=1S/C21H19N3O4/c1-26-17-9-19-18(27-12-28-19)7-15(17)14-8-20(25)23-21-16(14)10-22-24(21)11-13-5-3-2-4-6-13/h2-7,9-10,14H,8,11-12H2,1H3,(H,23,25). The monoisotopic (exact) mass is 377 g/mol. The molecule has 2 aromatic carbocycles. The van der Waals surface area contributed by atoms with E-state index in [-0.39, 0.29) is 18.6 Å². The summed E-state index contributed by atoms with van der Waals surface area (Å²) in [6.45, 7) is 0.773. The van der Waals surface area contributed by atoms with Crippen LogP contribution < -0.4 is 19.5 Å². The summed E-state index contributed by atoms with van der Waals surface area (Å²) >= 11 is 0. The zero-order valence-corrected chi connectivity index (χ0v) is 15.3. The predicted octanol–water partition coefficient (Wildman–Crippen LogP) is 3.14. The fraction of sp³-hybridized carbons (Fsp3) is 0.238. The number of hydrogen-bond acceptors (Lipinski definition) is 5. The smallest absolute Gasteiger partial charge is 0.231 e. The molecule has 1 atom stereocenters. The van der Waals surface area contributed by atoms with Gasteiger partial charge in [-0.25, -0.2) is 4.68 Å². The van der Waals surface area contributed by atoms with E-state index < -0.39 is 0 Å². The Morgan fingerprint density at radius 3 is 2.75 bits per heavy atom. The van der Waals surface area contributed by atoms with Gasteiger partial charge >= 0.3 is 0 Å². The number of anilines is 1. The highest BCUT2D eigenvalue weighted by atomic mass is 16.7. The second-order valence-corrected chi connectivity index (χ2v) is 6.84. The van der Waals surface area contributed by atoms with E-state index in [2.05, 4.69) is 10.4 Å². The number of fused-ring (bicyclic) bond motifs is 2. The molecule has 1 aromatic heterocycles. The summed E-state index contributed by atoms with van der Waals surface area (Å²) < 4.78 is 18.4. The Balaban J connectivity index is 1.56. The Kier molecular flexibility index (Phi) is 3.93. The summed E-state index contributed by atoms with van der Waals surface area (Å²) in [7, 11) is 1.61. The van der Waals surface area contributed by atoms with Crippen LogP contribution >= 0.6 is 0 Å². The van der Waals surface area contributed by atoms with Crippen molar-refractivity contribution in [2.45, 2.75) is 18.9 Å². The lowest BCUT2D eigenvalue weighted by molar-refractivity contribution is -0.116. The molecule has 0 fully saturated rings. The van der Waals surface area contributed by atoms with Crippen LogP contribution in [0.15, 0.2) is 48.7 Å². The molecule has 0 spiro atoms. The zero-order chi connectivity index (χ0) is 19.1. The Bertz CT molecular complexity index is 1050. The summed E-state index contributed by atoms with van der Waals surface area (Å²) in [5.74, 6) is 2.50. The average Bonchev–Trinajstić information content (AvgIpc) is 3.34. The number of methoxy groups -OCH3 is 1. The molecule has 0 radical (unpaired) electrons. The van der Waals surface area contributed by atoms with Crippen LogP contribution in [0.4, 0.5) is 5.82 Å². The number of rotatable bonds is 4. The van der Waals surface area contributed by atoms with Crippen molar-refractivity contribution in [3.05, 3.63) is 65.4 Å². The minimum Gasteiger partial charge on any atom is -0.496 e. The third-order valence-corrected chi connectivity index (χ3v) is 5.17. The predicted molar refractivity (Wildman–Crippen MR) is 102 cm³/mol. The van der Waals surface area contributed by atoms with E-state index in [1.54, 1.807) is 7.11 Å². The number of aromatic nitrogens is 2. The minimum atomic E-state index is -0.169. The second-order valence-electron chi connectivity index (χ2n) is 6.84. The van der Waals surface area contributed by atoms with E-state index in [1.165, 1.54) is 0 Å². The van der Waals surface area contributed by atoms with Crippen molar-refractivity contribution in [1.29, 1.82) is 0 Å². The lowest BCUT2D eigenvalue weighted by Crippen LogP contribution is -2.25. The number of benzene rings is 2. The molecule has 5 rings (SSSR count). The normalized spacial score (nSPS) is 17.2. The second kappa shape index (κ2) is 6.60. The van der Waals surface area contributed by atoms with Gasteiger partial charge in [-0.05, 0) is 11.6 Å². The molecule has 0 saturated heterocycles. The van der Waals surface area contributed by atoms with Crippen LogP contribution in [-0.2, 0) is 11.3 Å². The molecule has 0 aliphatic carbocycles. The SMILES string of the molecule is COc1cc2c(cc1C1CC(=O)Nc3c1cnn3Cc1ccccc1)OCO2. The van der Waals surface area contributed by atoms with Gasteiger partial charge in [0, 0.05) is 29.5 Å². The van der Waals surface area contributed by atoms with Crippen LogP contribution in [0.25, 0.3) is 0 Å². The molecule has 0 saturated carbocycles. The first-order chi connectivity index (χ1) is 13.7. The van der Waals surface area contributed by atoms with E-state index >= 15 is 0 Å². The molecule has 0 bridgehead atoms. The lowest BCUT2D eigenvalue weighted by Gasteiger charge is -2.25. The molecule has 7 nitrogen and oxygen atoms in total. The maximum Gasteiger partial charge on any atom is 0.231 e. The molecular formula is C21H19N3O4. The van der Waals surface area contributed by atoms with E-state index in [9.17, 15) is 4.79 Å². The number of hydrogen-bond donors (Lipinski definition) is 1. The van der Waals surface area contributed by atoms with Crippen molar-refractivity contribution < 1.29 is 19.0 Å². The van der Waals surface area contributed by atoms with Crippen LogP contribution in [0.2, 0.25) is 0 Å². The molecule has 3 aromatic rings. The first kappa shape index (κ1) is 16.7. The molecule has 7 heteroatoms. The van der Waals surface area contributed by atoms with Crippen molar-refractivity contribution in [2.24, 2.45) is 0 Å². The summed E-state index contributed by atoms with van der Waals surface area (Å²) in [6, 6.07) is 13.8. The molecule has 1 unspecified atom stereocenters. The number of carbonyl (C=O) groups is 1. The zero-order valence-electron chi connectivity index (χ0n) is 15.3. The van der Waals surface area contributed by atoms with Gasteiger partial charge in [0.1, 0.15) is 11.6 Å². The van der Waals surface area contributed by atoms with Crippen LogP contribution in [-0.4, -0.2) is 29.6 Å². The first-order valence-electron chi connectivity index (χ1n) is 9.10. The van der Waals surface area contributed by atoms with E-state index in [4.69, 9.17) is 14.2 Å². The minimum absolute atomic E-state index is 0.0490. The Morgan fingerprint density at radius 1 is 1.18 bits per heavy atom. The molecule has 142 valence electrons. The van der Waals surface area contributed by atoms with E-state index in [0.29, 0.717) is 30.2 Å². The number of nitrogens with zero attached hydrogens (tertiary/aromatic N) is 2. The van der Waals surface area contributed by atoms with Crippen molar-refractivity contribution in [2.75, 3.05) is 19.2 Å². The van der Waals surface area contributed by atoms with Crippen LogP contribution in [0.1, 0.15) is 29.0 Å². The van der Waals surface area contributed by atoms with Crippen molar-refractivity contribution >= 4 is 11.7 Å². The molecule has 28 heavy (non-hydrogen) atoms. The highest BCUT2D eigenvalue weighted by molar-refractivity contribution is 5.94. The summed E-state index contributed by atoms with van der Waals surface area (Å²) in [4.78, 5) is 12.5. The Labute approximate surface area is 161 Å². The van der Waals surface area contributed by atoms with Gasteiger partial charge in [-0.2, -0.15) is 5.10 Å². The summed E-state index contributed by atoms with van der Waals surface area (Å²) in [6.07, 6.45) is 2.15. The largest absolute Gasteiger partial charge is 0.496 e. The van der Waals surface area contributed by atoms with Gasteiger partial charge in [-0.3, -0.25) is 4.79 Å². The van der Waals surface area contributed by atoms with Gasteiger partial charge in [-0.15, -0.1) is 0 Å². The Morgan fingerprint density at radius 2 is 1.96 bits per heavy atom. The maximum atomic E-state index is 12.5. The van der Waals surface area contributed by atoms with Crippen LogP contribution in [0.3, 0.4) is 0 Å². The highest BCUT2D eigenvalue weighted by Crippen LogP contribution is 2.46. The van der Waals surface area contributed by atoms with Crippen LogP contribution in [0, 0.1) is 0 Å².